The third-order valence-corrected chi connectivity index (χ3v) is 1.75. The van der Waals surface area contributed by atoms with Gasteiger partial charge in [-0.15, -0.1) is 0 Å². The van der Waals surface area contributed by atoms with Gasteiger partial charge in [-0.2, -0.15) is 5.16 Å². The van der Waals surface area contributed by atoms with E-state index in [1.807, 2.05) is 0 Å². The molecule has 0 fully saturated rings. The fourth-order valence-corrected chi connectivity index (χ4v) is 0.869. The fraction of sp³-hybridized carbons (Fsp3) is 0.429. The Kier molecular flexibility index (Phi) is 4.06. The molecule has 1 rings (SSSR count). The van der Waals surface area contributed by atoms with Crippen molar-refractivity contribution in [3.63, 3.8) is 0 Å². The number of hydrogen-bond acceptors (Lipinski definition) is 4. The maximum atomic E-state index is 10.9. The molecule has 1 atom stereocenters. The number of nitrogens with one attached hydrogen (secondary N) is 1. The first-order chi connectivity index (χ1) is 6.02. The van der Waals surface area contributed by atoms with Crippen LogP contribution in [0.15, 0.2) is 9.32 Å². The molecule has 0 saturated heterocycles. The molecule has 7 heteroatoms. The summed E-state index contributed by atoms with van der Waals surface area (Å²) in [6.07, 6.45) is 0.0138. The summed E-state index contributed by atoms with van der Waals surface area (Å²) in [5.74, 6) is -0.830. The van der Waals surface area contributed by atoms with E-state index in [9.17, 15) is 9.59 Å². The van der Waals surface area contributed by atoms with E-state index in [1.54, 1.807) is 6.92 Å². The normalized spacial score (nSPS) is 11.9. The molecule has 0 aromatic carbocycles. The van der Waals surface area contributed by atoms with Gasteiger partial charge in [0.2, 0.25) is 0 Å². The Morgan fingerprint density at radius 2 is 2.29 bits per heavy atom. The summed E-state index contributed by atoms with van der Waals surface area (Å²) in [5.41, 5.74) is 5.27. The standard InChI is InChI=1S/C7H10N2O4.H2O/c1-3-5(13-9-6(3)10)2-4(8)7(11)12;/h4H,2,8H2,1H3,(H,9,10)(H,11,12);1H2. The van der Waals surface area contributed by atoms with Crippen LogP contribution in [0.4, 0.5) is 0 Å². The Balaban J connectivity index is 0.00000169. The molecule has 1 unspecified atom stereocenters. The number of aliphatic carboxylic acids is 1. The highest BCUT2D eigenvalue weighted by atomic mass is 16.5. The Hall–Kier alpha value is -1.60. The van der Waals surface area contributed by atoms with Gasteiger partial charge in [0.15, 0.2) is 0 Å². The van der Waals surface area contributed by atoms with E-state index in [2.05, 4.69) is 5.16 Å². The number of aromatic amines is 1. The van der Waals surface area contributed by atoms with Crippen molar-refractivity contribution in [1.29, 1.82) is 0 Å². The zero-order chi connectivity index (χ0) is 10.0. The number of carbonyl (C=O) groups is 1. The van der Waals surface area contributed by atoms with Crippen LogP contribution in [0.1, 0.15) is 11.3 Å². The van der Waals surface area contributed by atoms with Gasteiger partial charge in [0.1, 0.15) is 11.8 Å². The second kappa shape index (κ2) is 4.58. The van der Waals surface area contributed by atoms with Crippen molar-refractivity contribution in [3.8, 4) is 0 Å². The fourth-order valence-electron chi connectivity index (χ4n) is 0.869. The van der Waals surface area contributed by atoms with Gasteiger partial charge < -0.3 is 20.8 Å². The minimum atomic E-state index is -1.12. The van der Waals surface area contributed by atoms with Crippen LogP contribution < -0.4 is 11.3 Å². The second-order valence-corrected chi connectivity index (χ2v) is 2.73. The molecule has 14 heavy (non-hydrogen) atoms. The number of carboxylic acids is 1. The van der Waals surface area contributed by atoms with E-state index in [1.165, 1.54) is 0 Å². The molecule has 0 radical (unpaired) electrons. The van der Waals surface area contributed by atoms with Gasteiger partial charge in [-0.3, -0.25) is 9.59 Å². The van der Waals surface area contributed by atoms with Crippen LogP contribution in [-0.2, 0) is 11.2 Å². The average molecular weight is 204 g/mol. The van der Waals surface area contributed by atoms with Crippen LogP contribution in [0.2, 0.25) is 0 Å². The molecule has 0 aliphatic rings. The maximum Gasteiger partial charge on any atom is 0.320 e. The van der Waals surface area contributed by atoms with Crippen LogP contribution in [0.5, 0.6) is 0 Å². The van der Waals surface area contributed by atoms with Gasteiger partial charge in [-0.05, 0) is 6.92 Å². The molecule has 0 saturated carbocycles. The van der Waals surface area contributed by atoms with E-state index in [-0.39, 0.29) is 17.5 Å². The Labute approximate surface area is 78.8 Å². The average Bonchev–Trinajstić information content (AvgIpc) is 2.36. The number of H-pyrrole nitrogens is 1. The third-order valence-electron chi connectivity index (χ3n) is 1.75. The largest absolute Gasteiger partial charge is 0.480 e. The number of rotatable bonds is 3. The molecule has 1 aromatic rings. The maximum absolute atomic E-state index is 10.9. The first-order valence-electron chi connectivity index (χ1n) is 3.67. The predicted octanol–water partition coefficient (Wildman–Crippen LogP) is -1.59. The van der Waals surface area contributed by atoms with Crippen molar-refractivity contribution in [3.05, 3.63) is 21.7 Å². The van der Waals surface area contributed by atoms with Crippen molar-refractivity contribution in [2.24, 2.45) is 5.73 Å². The van der Waals surface area contributed by atoms with Gasteiger partial charge in [0, 0.05) is 6.42 Å². The van der Waals surface area contributed by atoms with E-state index in [0.717, 1.165) is 0 Å². The van der Waals surface area contributed by atoms with Crippen molar-refractivity contribution in [1.82, 2.24) is 5.16 Å². The lowest BCUT2D eigenvalue weighted by atomic mass is 10.1. The lowest BCUT2D eigenvalue weighted by Crippen LogP contribution is -2.32. The van der Waals surface area contributed by atoms with Crippen molar-refractivity contribution in [2.45, 2.75) is 19.4 Å². The summed E-state index contributed by atoms with van der Waals surface area (Å²) in [5, 5.41) is 10.6. The van der Waals surface area contributed by atoms with Crippen LogP contribution in [-0.4, -0.2) is 27.8 Å². The van der Waals surface area contributed by atoms with Crippen LogP contribution in [0.3, 0.4) is 0 Å². The molecule has 0 bridgehead atoms. The summed E-state index contributed by atoms with van der Waals surface area (Å²) >= 11 is 0. The molecule has 0 amide bonds. The molecule has 0 spiro atoms. The predicted molar refractivity (Wildman–Crippen MR) is 47.0 cm³/mol. The summed E-state index contributed by atoms with van der Waals surface area (Å²) in [7, 11) is 0. The minimum Gasteiger partial charge on any atom is -0.480 e. The van der Waals surface area contributed by atoms with E-state index in [4.69, 9.17) is 15.4 Å². The zero-order valence-corrected chi connectivity index (χ0v) is 7.53. The molecule has 0 aliphatic carbocycles. The van der Waals surface area contributed by atoms with Crippen LogP contribution in [0.25, 0.3) is 0 Å². The van der Waals surface area contributed by atoms with Gasteiger partial charge in [0.05, 0.1) is 5.56 Å². The molecule has 1 heterocycles. The lowest BCUT2D eigenvalue weighted by Gasteiger charge is -2.02. The second-order valence-electron chi connectivity index (χ2n) is 2.73. The zero-order valence-electron chi connectivity index (χ0n) is 7.53. The summed E-state index contributed by atoms with van der Waals surface area (Å²) in [6, 6.07) is -1.04. The summed E-state index contributed by atoms with van der Waals surface area (Å²) in [4.78, 5) is 21.2. The highest BCUT2D eigenvalue weighted by Gasteiger charge is 2.17. The molecule has 7 nitrogen and oxygen atoms in total. The number of nitrogens with two attached hydrogens (primary N) is 1. The number of hydrogen-bond donors (Lipinski definition) is 3. The lowest BCUT2D eigenvalue weighted by molar-refractivity contribution is -0.138. The molecular weight excluding hydrogens is 192 g/mol. The molecule has 0 aliphatic heterocycles. The first kappa shape index (κ1) is 12.4. The van der Waals surface area contributed by atoms with Gasteiger partial charge >= 0.3 is 5.97 Å². The van der Waals surface area contributed by atoms with E-state index < -0.39 is 12.0 Å². The Bertz CT molecular complexity index is 366. The smallest absolute Gasteiger partial charge is 0.320 e. The quantitative estimate of drug-likeness (QED) is 0.544. The Morgan fingerprint density at radius 3 is 2.64 bits per heavy atom. The Morgan fingerprint density at radius 1 is 1.71 bits per heavy atom. The van der Waals surface area contributed by atoms with Crippen molar-refractivity contribution < 1.29 is 19.9 Å². The van der Waals surface area contributed by atoms with E-state index in [0.29, 0.717) is 11.3 Å². The van der Waals surface area contributed by atoms with Crippen LogP contribution >= 0.6 is 0 Å². The third kappa shape index (κ3) is 2.44. The van der Waals surface area contributed by atoms with Crippen LogP contribution in [0, 0.1) is 6.92 Å². The molecule has 6 N–H and O–H groups in total. The number of carboxylic acid groups (broad SMARTS) is 1. The molecular formula is C7H12N2O5. The monoisotopic (exact) mass is 204 g/mol. The van der Waals surface area contributed by atoms with Crippen molar-refractivity contribution in [2.75, 3.05) is 0 Å². The molecule has 1 aromatic heterocycles. The van der Waals surface area contributed by atoms with Gasteiger partial charge in [-0.25, -0.2) is 0 Å². The minimum absolute atomic E-state index is 0. The summed E-state index contributed by atoms with van der Waals surface area (Å²) in [6.45, 7) is 1.55. The highest BCUT2D eigenvalue weighted by Crippen LogP contribution is 2.03. The highest BCUT2D eigenvalue weighted by molar-refractivity contribution is 5.73. The van der Waals surface area contributed by atoms with Gasteiger partial charge in [0.25, 0.3) is 5.56 Å². The topological polar surface area (TPSA) is 141 Å². The number of aromatic nitrogens is 1. The molecule has 80 valence electrons. The summed E-state index contributed by atoms with van der Waals surface area (Å²) < 4.78 is 4.74. The van der Waals surface area contributed by atoms with Gasteiger partial charge in [-0.1, -0.05) is 0 Å². The van der Waals surface area contributed by atoms with Crippen molar-refractivity contribution >= 4 is 5.97 Å². The van der Waals surface area contributed by atoms with E-state index >= 15 is 0 Å². The SMILES string of the molecule is Cc1c(CC(N)C(=O)O)o[nH]c1=O.O. The first-order valence-corrected chi connectivity index (χ1v) is 3.67.